The van der Waals surface area contributed by atoms with Gasteiger partial charge in [-0.25, -0.2) is 0 Å². The van der Waals surface area contributed by atoms with E-state index >= 15 is 0 Å². The fraction of sp³-hybridized carbons (Fsp3) is 0.714. The predicted molar refractivity (Wildman–Crippen MR) is 73.7 cm³/mol. The minimum Gasteiger partial charge on any atom is -0.385 e. The van der Waals surface area contributed by atoms with E-state index in [1.807, 2.05) is 0 Å². The predicted octanol–water partition coefficient (Wildman–Crippen LogP) is 1.82. The molecule has 1 heterocycles. The third kappa shape index (κ3) is 6.19. The Labute approximate surface area is 110 Å². The second kappa shape index (κ2) is 9.14. The molecule has 1 aromatic rings. The molecule has 0 saturated heterocycles. The van der Waals surface area contributed by atoms with Gasteiger partial charge in [-0.1, -0.05) is 6.92 Å². The van der Waals surface area contributed by atoms with Crippen molar-refractivity contribution in [3.05, 3.63) is 24.0 Å². The molecule has 104 valence electrons. The first-order chi connectivity index (χ1) is 8.76. The van der Waals surface area contributed by atoms with Gasteiger partial charge in [0.2, 0.25) is 0 Å². The van der Waals surface area contributed by atoms with Crippen molar-refractivity contribution in [3.63, 3.8) is 0 Å². The molecule has 1 unspecified atom stereocenters. The van der Waals surface area contributed by atoms with E-state index in [1.165, 1.54) is 5.56 Å². The molecular weight excluding hydrogens is 228 g/mol. The summed E-state index contributed by atoms with van der Waals surface area (Å²) in [6, 6.07) is 2.41. The second-order valence-electron chi connectivity index (χ2n) is 4.59. The molecule has 0 aliphatic heterocycles. The highest BCUT2D eigenvalue weighted by Crippen LogP contribution is 2.05. The van der Waals surface area contributed by atoms with Crippen LogP contribution >= 0.6 is 0 Å². The van der Waals surface area contributed by atoms with Crippen LogP contribution in [-0.2, 0) is 22.4 Å². The van der Waals surface area contributed by atoms with Gasteiger partial charge >= 0.3 is 0 Å². The standard InChI is InChI=1S/C14H26N2O2/c1-3-14(15)11-13-5-6-16(12-13)7-10-18-9-4-8-17-2/h5-6,12,14H,3-4,7-11,15H2,1-2H3. The average Bonchev–Trinajstić information content (AvgIpc) is 2.81. The first-order valence-electron chi connectivity index (χ1n) is 6.73. The monoisotopic (exact) mass is 254 g/mol. The summed E-state index contributed by atoms with van der Waals surface area (Å²) < 4.78 is 12.6. The first-order valence-corrected chi connectivity index (χ1v) is 6.73. The van der Waals surface area contributed by atoms with E-state index in [1.54, 1.807) is 7.11 Å². The van der Waals surface area contributed by atoms with E-state index in [4.69, 9.17) is 15.2 Å². The summed E-state index contributed by atoms with van der Waals surface area (Å²) in [5, 5.41) is 0. The lowest BCUT2D eigenvalue weighted by atomic mass is 10.1. The highest BCUT2D eigenvalue weighted by molar-refractivity contribution is 5.11. The van der Waals surface area contributed by atoms with Gasteiger partial charge in [0.1, 0.15) is 0 Å². The number of nitrogens with zero attached hydrogens (tertiary/aromatic N) is 1. The zero-order valence-corrected chi connectivity index (χ0v) is 11.6. The molecule has 18 heavy (non-hydrogen) atoms. The van der Waals surface area contributed by atoms with Gasteiger partial charge in [0.05, 0.1) is 6.61 Å². The Bertz CT molecular complexity index is 312. The van der Waals surface area contributed by atoms with Gasteiger partial charge in [-0.2, -0.15) is 0 Å². The molecule has 0 saturated carbocycles. The van der Waals surface area contributed by atoms with Crippen molar-refractivity contribution in [1.29, 1.82) is 0 Å². The van der Waals surface area contributed by atoms with Crippen LogP contribution in [0.1, 0.15) is 25.3 Å². The van der Waals surface area contributed by atoms with E-state index in [0.29, 0.717) is 0 Å². The van der Waals surface area contributed by atoms with Crippen LogP contribution in [0.3, 0.4) is 0 Å². The van der Waals surface area contributed by atoms with Crippen molar-refractivity contribution in [2.24, 2.45) is 5.73 Å². The Morgan fingerprint density at radius 1 is 1.33 bits per heavy atom. The number of hydrogen-bond donors (Lipinski definition) is 1. The Kier molecular flexibility index (Phi) is 7.73. The zero-order valence-electron chi connectivity index (χ0n) is 11.6. The molecule has 0 fully saturated rings. The molecule has 0 radical (unpaired) electrons. The van der Waals surface area contributed by atoms with Crippen LogP contribution in [0.2, 0.25) is 0 Å². The van der Waals surface area contributed by atoms with Crippen molar-refractivity contribution in [3.8, 4) is 0 Å². The molecular formula is C14H26N2O2. The summed E-state index contributed by atoms with van der Waals surface area (Å²) in [6.07, 6.45) is 7.19. The van der Waals surface area contributed by atoms with Crippen LogP contribution in [-0.4, -0.2) is 37.5 Å². The Balaban J connectivity index is 2.15. The molecule has 2 N–H and O–H groups in total. The summed E-state index contributed by atoms with van der Waals surface area (Å²) >= 11 is 0. The fourth-order valence-electron chi connectivity index (χ4n) is 1.77. The molecule has 1 aromatic heterocycles. The van der Waals surface area contributed by atoms with E-state index in [9.17, 15) is 0 Å². The van der Waals surface area contributed by atoms with Gasteiger partial charge in [0.25, 0.3) is 0 Å². The SMILES string of the molecule is CCC(N)Cc1ccn(CCOCCCOC)c1. The minimum atomic E-state index is 0.270. The highest BCUT2D eigenvalue weighted by Gasteiger charge is 2.02. The smallest absolute Gasteiger partial charge is 0.0645 e. The van der Waals surface area contributed by atoms with E-state index in [2.05, 4.69) is 30.0 Å². The number of nitrogens with two attached hydrogens (primary N) is 1. The van der Waals surface area contributed by atoms with Crippen LogP contribution in [0.25, 0.3) is 0 Å². The number of rotatable bonds is 10. The highest BCUT2D eigenvalue weighted by atomic mass is 16.5. The summed E-state index contributed by atoms with van der Waals surface area (Å²) in [4.78, 5) is 0. The maximum atomic E-state index is 5.94. The summed E-state index contributed by atoms with van der Waals surface area (Å²) in [5.74, 6) is 0. The van der Waals surface area contributed by atoms with Crippen molar-refractivity contribution in [2.75, 3.05) is 26.9 Å². The molecule has 0 aliphatic rings. The summed E-state index contributed by atoms with van der Waals surface area (Å²) in [5.41, 5.74) is 7.25. The molecule has 0 bridgehead atoms. The molecule has 0 aromatic carbocycles. The normalized spacial score (nSPS) is 12.8. The van der Waals surface area contributed by atoms with Crippen molar-refractivity contribution in [2.45, 2.75) is 38.8 Å². The molecule has 1 rings (SSSR count). The Hall–Kier alpha value is -0.840. The van der Waals surface area contributed by atoms with Crippen LogP contribution < -0.4 is 5.73 Å². The minimum absolute atomic E-state index is 0.270. The van der Waals surface area contributed by atoms with Gasteiger partial charge < -0.3 is 19.8 Å². The number of aromatic nitrogens is 1. The Morgan fingerprint density at radius 3 is 2.89 bits per heavy atom. The lowest BCUT2D eigenvalue weighted by Crippen LogP contribution is -2.21. The van der Waals surface area contributed by atoms with Crippen LogP contribution in [0, 0.1) is 0 Å². The molecule has 0 aliphatic carbocycles. The largest absolute Gasteiger partial charge is 0.385 e. The van der Waals surface area contributed by atoms with Crippen molar-refractivity contribution >= 4 is 0 Å². The van der Waals surface area contributed by atoms with Crippen molar-refractivity contribution < 1.29 is 9.47 Å². The van der Waals surface area contributed by atoms with Crippen LogP contribution in [0.4, 0.5) is 0 Å². The Morgan fingerprint density at radius 2 is 2.17 bits per heavy atom. The maximum Gasteiger partial charge on any atom is 0.0645 e. The van der Waals surface area contributed by atoms with Gasteiger partial charge in [-0.15, -0.1) is 0 Å². The van der Waals surface area contributed by atoms with E-state index in [0.717, 1.165) is 45.6 Å². The zero-order chi connectivity index (χ0) is 13.2. The van der Waals surface area contributed by atoms with Crippen LogP contribution in [0.15, 0.2) is 18.5 Å². The summed E-state index contributed by atoms with van der Waals surface area (Å²) in [6.45, 7) is 5.30. The van der Waals surface area contributed by atoms with E-state index in [-0.39, 0.29) is 6.04 Å². The van der Waals surface area contributed by atoms with E-state index < -0.39 is 0 Å². The first kappa shape index (κ1) is 15.2. The third-order valence-electron chi connectivity index (χ3n) is 2.96. The molecule has 0 amide bonds. The molecule has 0 spiro atoms. The molecule has 4 nitrogen and oxygen atoms in total. The van der Waals surface area contributed by atoms with Gasteiger partial charge in [0.15, 0.2) is 0 Å². The van der Waals surface area contributed by atoms with Gasteiger partial charge in [-0.3, -0.25) is 0 Å². The van der Waals surface area contributed by atoms with Gasteiger partial charge in [-0.05, 0) is 30.9 Å². The average molecular weight is 254 g/mol. The topological polar surface area (TPSA) is 49.4 Å². The molecule has 4 heteroatoms. The van der Waals surface area contributed by atoms with Crippen molar-refractivity contribution in [1.82, 2.24) is 4.57 Å². The second-order valence-corrected chi connectivity index (χ2v) is 4.59. The summed E-state index contributed by atoms with van der Waals surface area (Å²) in [7, 11) is 1.71. The lowest BCUT2D eigenvalue weighted by molar-refractivity contribution is 0.0977. The number of methoxy groups -OCH3 is 1. The third-order valence-corrected chi connectivity index (χ3v) is 2.96. The maximum absolute atomic E-state index is 5.94. The lowest BCUT2D eigenvalue weighted by Gasteiger charge is -2.07. The number of ether oxygens (including phenoxy) is 2. The van der Waals surface area contributed by atoms with Crippen LogP contribution in [0.5, 0.6) is 0 Å². The van der Waals surface area contributed by atoms with Gasteiger partial charge in [0, 0.05) is 45.3 Å². The fourth-order valence-corrected chi connectivity index (χ4v) is 1.77. The molecule has 1 atom stereocenters. The number of hydrogen-bond acceptors (Lipinski definition) is 3. The quantitative estimate of drug-likeness (QED) is 0.648.